The van der Waals surface area contributed by atoms with Gasteiger partial charge in [0.1, 0.15) is 18.2 Å². The van der Waals surface area contributed by atoms with Gasteiger partial charge < -0.3 is 14.2 Å². The summed E-state index contributed by atoms with van der Waals surface area (Å²) in [5.74, 6) is 0.899. The Balaban J connectivity index is 1.77. The molecular weight excluding hydrogens is 306 g/mol. The first kappa shape index (κ1) is 16.3. The highest BCUT2D eigenvalue weighted by atomic mass is 16.5. The molecule has 0 atom stereocenters. The van der Waals surface area contributed by atoms with E-state index in [1.807, 2.05) is 24.3 Å². The molecule has 5 nitrogen and oxygen atoms in total. The summed E-state index contributed by atoms with van der Waals surface area (Å²) in [4.78, 5) is 14.3. The highest BCUT2D eigenvalue weighted by Gasteiger charge is 2.25. The Labute approximate surface area is 141 Å². The van der Waals surface area contributed by atoms with E-state index < -0.39 is 0 Å². The van der Waals surface area contributed by atoms with E-state index in [-0.39, 0.29) is 5.97 Å². The lowest BCUT2D eigenvalue weighted by molar-refractivity contribution is 0.0584. The van der Waals surface area contributed by atoms with Crippen molar-refractivity contribution in [3.63, 3.8) is 0 Å². The van der Waals surface area contributed by atoms with Crippen LogP contribution < -0.4 is 9.47 Å². The minimum atomic E-state index is -0.376. The Bertz CT molecular complexity index is 715. The molecule has 0 N–H and O–H groups in total. The lowest BCUT2D eigenvalue weighted by Crippen LogP contribution is -2.34. The summed E-state index contributed by atoms with van der Waals surface area (Å²) in [6, 6.07) is 13.8. The van der Waals surface area contributed by atoms with Gasteiger partial charge in [0.05, 0.1) is 19.8 Å². The molecule has 0 radical (unpaired) electrons. The second-order valence-corrected chi connectivity index (χ2v) is 5.70. The van der Waals surface area contributed by atoms with Crippen LogP contribution in [0.25, 0.3) is 0 Å². The normalized spacial score (nSPS) is 13.8. The predicted octanol–water partition coefficient (Wildman–Crippen LogP) is 2.88. The van der Waals surface area contributed by atoms with E-state index in [4.69, 9.17) is 14.2 Å². The van der Waals surface area contributed by atoms with Crippen LogP contribution in [0.2, 0.25) is 0 Å². The number of carbonyl (C=O) groups is 1. The quantitative estimate of drug-likeness (QED) is 0.790. The molecule has 1 heterocycles. The predicted molar refractivity (Wildman–Crippen MR) is 90.4 cm³/mol. The van der Waals surface area contributed by atoms with Crippen LogP contribution >= 0.6 is 0 Å². The number of nitrogens with zero attached hydrogens (tertiary/aromatic N) is 1. The van der Waals surface area contributed by atoms with Crippen molar-refractivity contribution in [1.82, 2.24) is 4.90 Å². The monoisotopic (exact) mass is 327 g/mol. The van der Waals surface area contributed by atoms with Crippen LogP contribution in [0.5, 0.6) is 11.5 Å². The van der Waals surface area contributed by atoms with Crippen LogP contribution in [0.15, 0.2) is 42.5 Å². The largest absolute Gasteiger partial charge is 0.497 e. The molecule has 0 amide bonds. The topological polar surface area (TPSA) is 48.0 Å². The fourth-order valence-corrected chi connectivity index (χ4v) is 2.83. The highest BCUT2D eigenvalue weighted by molar-refractivity contribution is 5.92. The average Bonchev–Trinajstić information content (AvgIpc) is 2.65. The number of fused-ring (bicyclic) bond motifs is 1. The lowest BCUT2D eigenvalue weighted by Gasteiger charge is -2.30. The van der Waals surface area contributed by atoms with Crippen molar-refractivity contribution in [2.24, 2.45) is 0 Å². The van der Waals surface area contributed by atoms with Crippen molar-refractivity contribution >= 4 is 5.97 Å². The SMILES string of the molecule is COC(=O)c1cc(OC)cc2c1CN(CCc1ccccc1)CO2. The molecule has 24 heavy (non-hydrogen) atoms. The zero-order valence-corrected chi connectivity index (χ0v) is 14.0. The summed E-state index contributed by atoms with van der Waals surface area (Å²) >= 11 is 0. The van der Waals surface area contributed by atoms with Gasteiger partial charge in [0.25, 0.3) is 0 Å². The van der Waals surface area contributed by atoms with Crippen molar-refractivity contribution in [2.75, 3.05) is 27.5 Å². The molecule has 0 aliphatic carbocycles. The Kier molecular flexibility index (Phi) is 5.01. The molecule has 0 aromatic heterocycles. The fraction of sp³-hybridized carbons (Fsp3) is 0.316. The number of rotatable bonds is 5. The summed E-state index contributed by atoms with van der Waals surface area (Å²) in [7, 11) is 2.95. The van der Waals surface area contributed by atoms with Crippen molar-refractivity contribution in [3.05, 3.63) is 59.2 Å². The molecular formula is C19H21NO4. The second-order valence-electron chi connectivity index (χ2n) is 5.70. The van der Waals surface area contributed by atoms with Crippen molar-refractivity contribution in [1.29, 1.82) is 0 Å². The van der Waals surface area contributed by atoms with E-state index in [1.165, 1.54) is 12.7 Å². The Hall–Kier alpha value is -2.53. The number of esters is 1. The van der Waals surface area contributed by atoms with Crippen LogP contribution in [0, 0.1) is 0 Å². The van der Waals surface area contributed by atoms with Gasteiger partial charge in [0.2, 0.25) is 0 Å². The average molecular weight is 327 g/mol. The van der Waals surface area contributed by atoms with Gasteiger partial charge in [0.15, 0.2) is 0 Å². The smallest absolute Gasteiger partial charge is 0.338 e. The number of benzene rings is 2. The number of hydrogen-bond acceptors (Lipinski definition) is 5. The maximum Gasteiger partial charge on any atom is 0.338 e. The molecule has 2 aromatic carbocycles. The highest BCUT2D eigenvalue weighted by Crippen LogP contribution is 2.33. The third kappa shape index (κ3) is 3.51. The summed E-state index contributed by atoms with van der Waals surface area (Å²) in [6.45, 7) is 2.00. The van der Waals surface area contributed by atoms with E-state index in [0.29, 0.717) is 30.3 Å². The molecule has 5 heteroatoms. The van der Waals surface area contributed by atoms with Gasteiger partial charge in [0, 0.05) is 24.7 Å². The Morgan fingerprint density at radius 2 is 2.00 bits per heavy atom. The van der Waals surface area contributed by atoms with Gasteiger partial charge in [-0.1, -0.05) is 30.3 Å². The standard InChI is InChI=1S/C19H21NO4/c1-22-15-10-16(19(21)23-2)17-12-20(13-24-18(17)11-15)9-8-14-6-4-3-5-7-14/h3-7,10-11H,8-9,12-13H2,1-2H3. The van der Waals surface area contributed by atoms with E-state index in [1.54, 1.807) is 13.2 Å². The molecule has 2 aromatic rings. The van der Waals surface area contributed by atoms with Gasteiger partial charge in [-0.2, -0.15) is 0 Å². The summed E-state index contributed by atoms with van der Waals surface area (Å²) in [5.41, 5.74) is 2.63. The molecule has 0 saturated heterocycles. The summed E-state index contributed by atoms with van der Waals surface area (Å²) < 4.78 is 16.0. The fourth-order valence-electron chi connectivity index (χ4n) is 2.83. The zero-order valence-electron chi connectivity index (χ0n) is 14.0. The van der Waals surface area contributed by atoms with Gasteiger partial charge in [-0.15, -0.1) is 0 Å². The Morgan fingerprint density at radius 1 is 1.21 bits per heavy atom. The minimum Gasteiger partial charge on any atom is -0.497 e. The molecule has 0 saturated carbocycles. The zero-order chi connectivity index (χ0) is 16.9. The summed E-state index contributed by atoms with van der Waals surface area (Å²) in [6.07, 6.45) is 0.934. The minimum absolute atomic E-state index is 0.376. The van der Waals surface area contributed by atoms with Crippen molar-refractivity contribution in [3.8, 4) is 11.5 Å². The van der Waals surface area contributed by atoms with Gasteiger partial charge in [-0.25, -0.2) is 4.79 Å². The van der Waals surface area contributed by atoms with Crippen molar-refractivity contribution < 1.29 is 19.0 Å². The van der Waals surface area contributed by atoms with Crippen LogP contribution in [-0.4, -0.2) is 38.4 Å². The number of ether oxygens (including phenoxy) is 3. The Morgan fingerprint density at radius 3 is 2.71 bits per heavy atom. The van der Waals surface area contributed by atoms with Crippen LogP contribution in [-0.2, 0) is 17.7 Å². The molecule has 0 unspecified atom stereocenters. The first-order chi connectivity index (χ1) is 11.7. The molecule has 126 valence electrons. The van der Waals surface area contributed by atoms with Gasteiger partial charge in [-0.05, 0) is 18.1 Å². The molecule has 0 spiro atoms. The molecule has 1 aliphatic heterocycles. The maximum absolute atomic E-state index is 12.1. The number of carbonyl (C=O) groups excluding carboxylic acids is 1. The second kappa shape index (κ2) is 7.36. The molecule has 0 fully saturated rings. The summed E-state index contributed by atoms with van der Waals surface area (Å²) in [5, 5.41) is 0. The van der Waals surface area contributed by atoms with Crippen LogP contribution in [0.1, 0.15) is 21.5 Å². The van der Waals surface area contributed by atoms with E-state index in [2.05, 4.69) is 17.0 Å². The number of methoxy groups -OCH3 is 2. The van der Waals surface area contributed by atoms with E-state index in [0.717, 1.165) is 18.5 Å². The molecule has 1 aliphatic rings. The number of hydrogen-bond donors (Lipinski definition) is 0. The van der Waals surface area contributed by atoms with Crippen LogP contribution in [0.4, 0.5) is 0 Å². The van der Waals surface area contributed by atoms with Crippen molar-refractivity contribution in [2.45, 2.75) is 13.0 Å². The maximum atomic E-state index is 12.1. The third-order valence-electron chi connectivity index (χ3n) is 4.17. The van der Waals surface area contributed by atoms with Crippen LogP contribution in [0.3, 0.4) is 0 Å². The third-order valence-corrected chi connectivity index (χ3v) is 4.17. The molecule has 0 bridgehead atoms. The first-order valence-corrected chi connectivity index (χ1v) is 7.89. The first-order valence-electron chi connectivity index (χ1n) is 7.89. The van der Waals surface area contributed by atoms with E-state index in [9.17, 15) is 4.79 Å². The van der Waals surface area contributed by atoms with Gasteiger partial charge in [-0.3, -0.25) is 4.90 Å². The van der Waals surface area contributed by atoms with E-state index >= 15 is 0 Å². The van der Waals surface area contributed by atoms with Gasteiger partial charge >= 0.3 is 5.97 Å². The lowest BCUT2D eigenvalue weighted by atomic mass is 10.0. The molecule has 3 rings (SSSR count).